The number of carbonyl (C=O) groups excluding carboxylic acids is 2. The first-order valence-electron chi connectivity index (χ1n) is 8.08. The number of urea groups is 1. The Balaban J connectivity index is 1.87. The molecular formula is C16H17BrN6O2. The number of rotatable bonds is 3. The zero-order chi connectivity index (χ0) is 17.7. The van der Waals surface area contributed by atoms with E-state index in [2.05, 4.69) is 31.4 Å². The number of nitrogens with one attached hydrogen (secondary N) is 1. The van der Waals surface area contributed by atoms with E-state index in [-0.39, 0.29) is 5.91 Å². The summed E-state index contributed by atoms with van der Waals surface area (Å²) in [7, 11) is 1.68. The molecule has 0 spiro atoms. The van der Waals surface area contributed by atoms with Crippen LogP contribution in [0.5, 0.6) is 0 Å². The van der Waals surface area contributed by atoms with Crippen molar-refractivity contribution in [3.8, 4) is 11.4 Å². The lowest BCUT2D eigenvalue weighted by atomic mass is 10.1. The molecule has 2 aliphatic rings. The first-order valence-corrected chi connectivity index (χ1v) is 8.87. The van der Waals surface area contributed by atoms with E-state index < -0.39 is 18.2 Å². The number of aromatic nitrogens is 3. The Bertz CT molecular complexity index is 849. The molecule has 1 fully saturated rings. The molecule has 1 saturated heterocycles. The van der Waals surface area contributed by atoms with Gasteiger partial charge in [-0.05, 0) is 18.6 Å². The number of halogens is 1. The molecule has 2 aliphatic heterocycles. The molecule has 8 nitrogen and oxygen atoms in total. The summed E-state index contributed by atoms with van der Waals surface area (Å²) in [4.78, 5) is 28.1. The summed E-state index contributed by atoms with van der Waals surface area (Å²) in [6.07, 6.45) is 0.394. The van der Waals surface area contributed by atoms with Gasteiger partial charge in [-0.25, -0.2) is 4.79 Å². The van der Waals surface area contributed by atoms with Crippen molar-refractivity contribution < 1.29 is 9.59 Å². The highest BCUT2D eigenvalue weighted by Crippen LogP contribution is 2.40. The van der Waals surface area contributed by atoms with E-state index in [1.165, 1.54) is 4.90 Å². The Morgan fingerprint density at radius 2 is 1.92 bits per heavy atom. The minimum absolute atomic E-state index is 0.297. The summed E-state index contributed by atoms with van der Waals surface area (Å²) in [5, 5.41) is 11.1. The van der Waals surface area contributed by atoms with Crippen LogP contribution in [-0.2, 0) is 4.79 Å². The quantitative estimate of drug-likeness (QED) is 0.845. The molecule has 0 aliphatic carbocycles. The SMILES string of the molecule is CCCN1c2nnc(-c3ccc(Br)cc3)n2C2C1C(=O)NC(=O)N2C. The van der Waals surface area contributed by atoms with Gasteiger partial charge in [-0.1, -0.05) is 35.0 Å². The molecule has 4 rings (SSSR count). The zero-order valence-corrected chi connectivity index (χ0v) is 15.4. The van der Waals surface area contributed by atoms with Crippen LogP contribution in [0, 0.1) is 0 Å². The Labute approximate surface area is 152 Å². The molecule has 2 atom stereocenters. The van der Waals surface area contributed by atoms with Gasteiger partial charge < -0.3 is 9.80 Å². The molecule has 1 N–H and O–H groups in total. The van der Waals surface area contributed by atoms with Crippen molar-refractivity contribution in [1.82, 2.24) is 25.0 Å². The van der Waals surface area contributed by atoms with Crippen molar-refractivity contribution in [2.45, 2.75) is 25.6 Å². The average molecular weight is 405 g/mol. The molecule has 0 saturated carbocycles. The van der Waals surface area contributed by atoms with Crippen LogP contribution in [0.3, 0.4) is 0 Å². The molecule has 0 radical (unpaired) electrons. The van der Waals surface area contributed by atoms with E-state index in [9.17, 15) is 9.59 Å². The topological polar surface area (TPSA) is 83.4 Å². The maximum absolute atomic E-state index is 12.5. The number of likely N-dealkylation sites (N-methyl/N-ethyl adjacent to an activating group) is 1. The lowest BCUT2D eigenvalue weighted by molar-refractivity contribution is -0.124. The number of nitrogens with zero attached hydrogens (tertiary/aromatic N) is 5. The van der Waals surface area contributed by atoms with Crippen molar-refractivity contribution in [2.75, 3.05) is 18.5 Å². The van der Waals surface area contributed by atoms with Crippen molar-refractivity contribution in [3.63, 3.8) is 0 Å². The van der Waals surface area contributed by atoms with E-state index in [1.54, 1.807) is 7.05 Å². The predicted molar refractivity (Wildman–Crippen MR) is 94.9 cm³/mol. The minimum Gasteiger partial charge on any atom is -0.325 e. The molecule has 2 unspecified atom stereocenters. The highest BCUT2D eigenvalue weighted by atomic mass is 79.9. The maximum Gasteiger partial charge on any atom is 0.325 e. The summed E-state index contributed by atoms with van der Waals surface area (Å²) < 4.78 is 2.85. The number of hydrogen-bond donors (Lipinski definition) is 1. The molecule has 3 amide bonds. The molecule has 2 aromatic rings. The van der Waals surface area contributed by atoms with Gasteiger partial charge in [0, 0.05) is 23.6 Å². The molecule has 130 valence electrons. The van der Waals surface area contributed by atoms with E-state index in [0.717, 1.165) is 16.5 Å². The lowest BCUT2D eigenvalue weighted by Crippen LogP contribution is -2.61. The van der Waals surface area contributed by atoms with Crippen molar-refractivity contribution in [2.24, 2.45) is 0 Å². The predicted octanol–water partition coefficient (Wildman–Crippen LogP) is 1.99. The van der Waals surface area contributed by atoms with Gasteiger partial charge >= 0.3 is 6.03 Å². The number of anilines is 1. The second-order valence-electron chi connectivity index (χ2n) is 6.16. The smallest absolute Gasteiger partial charge is 0.325 e. The van der Waals surface area contributed by atoms with Crippen LogP contribution in [0.4, 0.5) is 10.7 Å². The molecule has 25 heavy (non-hydrogen) atoms. The molecule has 0 bridgehead atoms. The van der Waals surface area contributed by atoms with Crippen LogP contribution in [0.2, 0.25) is 0 Å². The van der Waals surface area contributed by atoms with Crippen molar-refractivity contribution >= 4 is 33.8 Å². The molecule has 1 aromatic carbocycles. The van der Waals surface area contributed by atoms with Gasteiger partial charge in [0.1, 0.15) is 6.17 Å². The summed E-state index contributed by atoms with van der Waals surface area (Å²) in [6, 6.07) is 6.81. The third-order valence-corrected chi connectivity index (χ3v) is 5.13. The largest absolute Gasteiger partial charge is 0.325 e. The average Bonchev–Trinajstić information content (AvgIpc) is 3.13. The first kappa shape index (κ1) is 16.1. The number of amides is 3. The third-order valence-electron chi connectivity index (χ3n) is 4.60. The summed E-state index contributed by atoms with van der Waals surface area (Å²) in [5.41, 5.74) is 0.880. The highest BCUT2D eigenvalue weighted by molar-refractivity contribution is 9.10. The van der Waals surface area contributed by atoms with Gasteiger partial charge in [0.15, 0.2) is 11.9 Å². The fourth-order valence-corrected chi connectivity index (χ4v) is 3.74. The van der Waals surface area contributed by atoms with Crippen molar-refractivity contribution in [3.05, 3.63) is 28.7 Å². The number of fused-ring (bicyclic) bond motifs is 3. The summed E-state index contributed by atoms with van der Waals surface area (Å²) in [6.45, 7) is 2.70. The van der Waals surface area contributed by atoms with E-state index in [0.29, 0.717) is 18.3 Å². The second-order valence-corrected chi connectivity index (χ2v) is 7.07. The Hall–Kier alpha value is -2.42. The Morgan fingerprint density at radius 1 is 1.20 bits per heavy atom. The number of benzene rings is 1. The fourth-order valence-electron chi connectivity index (χ4n) is 3.47. The van der Waals surface area contributed by atoms with Crippen LogP contribution in [-0.4, -0.2) is 51.2 Å². The van der Waals surface area contributed by atoms with Gasteiger partial charge in [-0.3, -0.25) is 14.7 Å². The lowest BCUT2D eigenvalue weighted by Gasteiger charge is -2.36. The van der Waals surface area contributed by atoms with E-state index in [4.69, 9.17) is 0 Å². The van der Waals surface area contributed by atoms with Gasteiger partial charge in [-0.2, -0.15) is 0 Å². The highest BCUT2D eigenvalue weighted by Gasteiger charge is 2.52. The molecule has 1 aromatic heterocycles. The molecular weight excluding hydrogens is 388 g/mol. The van der Waals surface area contributed by atoms with Crippen LogP contribution >= 0.6 is 15.9 Å². The van der Waals surface area contributed by atoms with Crippen LogP contribution in [0.15, 0.2) is 28.7 Å². The Kier molecular flexibility index (Phi) is 3.75. The number of carbonyl (C=O) groups is 2. The van der Waals surface area contributed by atoms with E-state index in [1.807, 2.05) is 40.7 Å². The summed E-state index contributed by atoms with van der Waals surface area (Å²) >= 11 is 3.43. The number of hydrogen-bond acceptors (Lipinski definition) is 5. The fraction of sp³-hybridized carbons (Fsp3) is 0.375. The van der Waals surface area contributed by atoms with Crippen LogP contribution < -0.4 is 10.2 Å². The minimum atomic E-state index is -0.498. The van der Waals surface area contributed by atoms with Gasteiger partial charge in [0.2, 0.25) is 5.95 Å². The molecule has 3 heterocycles. The van der Waals surface area contributed by atoms with Crippen molar-refractivity contribution in [1.29, 1.82) is 0 Å². The third kappa shape index (κ3) is 2.33. The van der Waals surface area contributed by atoms with Gasteiger partial charge in [-0.15, -0.1) is 10.2 Å². The second kappa shape index (κ2) is 5.83. The number of imide groups is 1. The summed E-state index contributed by atoms with van der Waals surface area (Å²) in [5.74, 6) is 0.964. The standard InChI is InChI=1S/C16H17BrN6O2/c1-3-8-22-11-13(24)18-16(25)21(2)14(11)23-12(19-20-15(22)23)9-4-6-10(17)7-5-9/h4-7,11,14H,3,8H2,1-2H3,(H,18,24,25). The Morgan fingerprint density at radius 3 is 2.60 bits per heavy atom. The molecule has 9 heteroatoms. The first-order chi connectivity index (χ1) is 12.0. The van der Waals surface area contributed by atoms with Crippen LogP contribution in [0.25, 0.3) is 11.4 Å². The monoisotopic (exact) mass is 404 g/mol. The van der Waals surface area contributed by atoms with Gasteiger partial charge in [0.05, 0.1) is 0 Å². The zero-order valence-electron chi connectivity index (χ0n) is 13.8. The normalized spacial score (nSPS) is 22.0. The van der Waals surface area contributed by atoms with Gasteiger partial charge in [0.25, 0.3) is 5.91 Å². The van der Waals surface area contributed by atoms with Crippen LogP contribution in [0.1, 0.15) is 19.5 Å². The maximum atomic E-state index is 12.5. The van der Waals surface area contributed by atoms with E-state index >= 15 is 0 Å².